The number of anilines is 1. The second-order valence-electron chi connectivity index (χ2n) is 7.10. The fraction of sp³-hybridized carbons (Fsp3) is 0.0909. The van der Waals surface area contributed by atoms with Gasteiger partial charge in [0, 0.05) is 38.2 Å². The van der Waals surface area contributed by atoms with Crippen molar-refractivity contribution in [2.75, 3.05) is 11.4 Å². The van der Waals surface area contributed by atoms with E-state index in [0.717, 1.165) is 25.2 Å². The van der Waals surface area contributed by atoms with Crippen LogP contribution < -0.4 is 4.31 Å². The van der Waals surface area contributed by atoms with Crippen molar-refractivity contribution in [3.8, 4) is 22.4 Å². The monoisotopic (exact) mass is 476 g/mol. The fourth-order valence-corrected chi connectivity index (χ4v) is 4.64. The summed E-state index contributed by atoms with van der Waals surface area (Å²) in [6.07, 6.45) is 4.56. The molecular formula is C22H16F4N4O2S. The fourth-order valence-electron chi connectivity index (χ4n) is 3.37. The van der Waals surface area contributed by atoms with Crippen molar-refractivity contribution >= 4 is 15.7 Å². The molecule has 0 spiro atoms. The number of nitrogens with zero attached hydrogens (tertiary/aromatic N) is 4. The maximum Gasteiger partial charge on any atom is 0.267 e. The van der Waals surface area contributed by atoms with Crippen LogP contribution >= 0.6 is 0 Å². The van der Waals surface area contributed by atoms with Gasteiger partial charge in [-0.1, -0.05) is 0 Å². The minimum atomic E-state index is -4.71. The summed E-state index contributed by atoms with van der Waals surface area (Å²) in [5.41, 5.74) is -0.233. The molecular weight excluding hydrogens is 460 g/mol. The zero-order chi connectivity index (χ0) is 23.9. The lowest BCUT2D eigenvalue weighted by atomic mass is 10.0. The van der Waals surface area contributed by atoms with Gasteiger partial charge in [0.15, 0.2) is 5.82 Å². The zero-order valence-corrected chi connectivity index (χ0v) is 18.1. The van der Waals surface area contributed by atoms with Crippen LogP contribution in [0.15, 0.2) is 66.0 Å². The van der Waals surface area contributed by atoms with Crippen LogP contribution in [0.1, 0.15) is 0 Å². The van der Waals surface area contributed by atoms with E-state index in [1.807, 2.05) is 0 Å². The highest BCUT2D eigenvalue weighted by atomic mass is 32.2. The average Bonchev–Trinajstić information content (AvgIpc) is 3.16. The molecule has 0 radical (unpaired) electrons. The highest BCUT2D eigenvalue weighted by molar-refractivity contribution is 7.92. The lowest BCUT2D eigenvalue weighted by Crippen LogP contribution is -2.28. The molecule has 0 aliphatic heterocycles. The van der Waals surface area contributed by atoms with E-state index in [0.29, 0.717) is 27.6 Å². The van der Waals surface area contributed by atoms with E-state index < -0.39 is 49.4 Å². The van der Waals surface area contributed by atoms with Crippen LogP contribution in [-0.4, -0.2) is 30.2 Å². The lowest BCUT2D eigenvalue weighted by molar-refractivity contribution is 0.550. The van der Waals surface area contributed by atoms with Crippen molar-refractivity contribution in [1.29, 1.82) is 0 Å². The maximum atomic E-state index is 15.6. The molecule has 2 heterocycles. The average molecular weight is 476 g/mol. The standard InChI is InChI=1S/C22H16F4N4O2S/c1-29-12-15(13-7-9-27-10-8-13)22(28-29)20-17(25)5-6-18(21(20)26)30(2)33(31,32)19-11-14(23)3-4-16(19)24/h3-12H,1-2H3. The third-order valence-corrected chi connectivity index (χ3v) is 6.79. The molecule has 0 aliphatic carbocycles. The molecule has 0 saturated heterocycles. The van der Waals surface area contributed by atoms with Crippen LogP contribution in [0.5, 0.6) is 0 Å². The largest absolute Gasteiger partial charge is 0.275 e. The SMILES string of the molecule is CN(c1ccc(F)c(-c2nn(C)cc2-c2ccncc2)c1F)S(=O)(=O)c1cc(F)ccc1F. The molecule has 4 rings (SSSR count). The number of aryl methyl sites for hydroxylation is 1. The van der Waals surface area contributed by atoms with Gasteiger partial charge in [0.2, 0.25) is 0 Å². The normalized spacial score (nSPS) is 11.6. The van der Waals surface area contributed by atoms with E-state index in [2.05, 4.69) is 10.1 Å². The van der Waals surface area contributed by atoms with Crippen molar-refractivity contribution in [3.05, 3.63) is 84.3 Å². The summed E-state index contributed by atoms with van der Waals surface area (Å²) in [5, 5.41) is 4.16. The van der Waals surface area contributed by atoms with E-state index in [4.69, 9.17) is 0 Å². The molecule has 0 fully saturated rings. The Bertz CT molecular complexity index is 1460. The van der Waals surface area contributed by atoms with Gasteiger partial charge in [0.05, 0.1) is 11.3 Å². The minimum Gasteiger partial charge on any atom is -0.275 e. The molecule has 0 aliphatic rings. The lowest BCUT2D eigenvalue weighted by Gasteiger charge is -2.21. The first-order valence-electron chi connectivity index (χ1n) is 9.47. The molecule has 0 amide bonds. The Labute approximate surface area is 186 Å². The van der Waals surface area contributed by atoms with Gasteiger partial charge in [-0.15, -0.1) is 0 Å². The Kier molecular flexibility index (Phi) is 5.66. The van der Waals surface area contributed by atoms with Crippen LogP contribution in [0.25, 0.3) is 22.4 Å². The van der Waals surface area contributed by atoms with Gasteiger partial charge < -0.3 is 0 Å². The minimum absolute atomic E-state index is 0.0664. The van der Waals surface area contributed by atoms with Crippen LogP contribution in [0.3, 0.4) is 0 Å². The highest BCUT2D eigenvalue weighted by Crippen LogP contribution is 2.38. The third-order valence-electron chi connectivity index (χ3n) is 5.00. The number of rotatable bonds is 5. The third kappa shape index (κ3) is 3.95. The van der Waals surface area contributed by atoms with Gasteiger partial charge >= 0.3 is 0 Å². The molecule has 2 aromatic heterocycles. The molecule has 170 valence electrons. The Morgan fingerprint density at radius 2 is 1.61 bits per heavy atom. The predicted octanol–water partition coefficient (Wildman–Crippen LogP) is 4.53. The number of hydrogen-bond acceptors (Lipinski definition) is 4. The number of halogens is 4. The summed E-state index contributed by atoms with van der Waals surface area (Å²) in [4.78, 5) is 2.93. The van der Waals surface area contributed by atoms with E-state index in [1.165, 1.54) is 17.1 Å². The number of hydrogen-bond donors (Lipinski definition) is 0. The Hall–Kier alpha value is -3.73. The van der Waals surface area contributed by atoms with Crippen molar-refractivity contribution < 1.29 is 26.0 Å². The van der Waals surface area contributed by atoms with Crippen LogP contribution in [0, 0.1) is 23.3 Å². The first-order valence-corrected chi connectivity index (χ1v) is 10.9. The van der Waals surface area contributed by atoms with Gasteiger partial charge in [-0.05, 0) is 48.0 Å². The molecule has 0 unspecified atom stereocenters. The van der Waals surface area contributed by atoms with E-state index in [1.54, 1.807) is 25.4 Å². The van der Waals surface area contributed by atoms with Crippen LogP contribution in [-0.2, 0) is 17.1 Å². The molecule has 6 nitrogen and oxygen atoms in total. The van der Waals surface area contributed by atoms with Gasteiger partial charge in [-0.2, -0.15) is 5.10 Å². The summed E-state index contributed by atoms with van der Waals surface area (Å²) in [5.74, 6) is -4.41. The molecule has 0 N–H and O–H groups in total. The summed E-state index contributed by atoms with van der Waals surface area (Å²) in [6.45, 7) is 0. The molecule has 0 saturated carbocycles. The second-order valence-corrected chi connectivity index (χ2v) is 9.04. The molecule has 33 heavy (non-hydrogen) atoms. The van der Waals surface area contributed by atoms with Crippen LogP contribution in [0.4, 0.5) is 23.2 Å². The summed E-state index contributed by atoms with van der Waals surface area (Å²) in [6, 6.07) is 6.94. The zero-order valence-electron chi connectivity index (χ0n) is 17.3. The Balaban J connectivity index is 1.88. The maximum absolute atomic E-state index is 15.6. The number of pyridine rings is 1. The summed E-state index contributed by atoms with van der Waals surface area (Å²) >= 11 is 0. The molecule has 0 bridgehead atoms. The quantitative estimate of drug-likeness (QED) is 0.397. The van der Waals surface area contributed by atoms with E-state index in [9.17, 15) is 21.6 Å². The topological polar surface area (TPSA) is 68.1 Å². The Morgan fingerprint density at radius 1 is 0.939 bits per heavy atom. The van der Waals surface area contributed by atoms with Crippen molar-refractivity contribution in [2.45, 2.75) is 4.90 Å². The van der Waals surface area contributed by atoms with E-state index >= 15 is 4.39 Å². The molecule has 11 heteroatoms. The predicted molar refractivity (Wildman–Crippen MR) is 114 cm³/mol. The first-order chi connectivity index (χ1) is 15.6. The van der Waals surface area contributed by atoms with Gasteiger partial charge in [0.1, 0.15) is 28.0 Å². The number of aromatic nitrogens is 3. The van der Waals surface area contributed by atoms with E-state index in [-0.39, 0.29) is 5.69 Å². The van der Waals surface area contributed by atoms with Crippen LogP contribution in [0.2, 0.25) is 0 Å². The molecule has 2 aromatic carbocycles. The smallest absolute Gasteiger partial charge is 0.267 e. The summed E-state index contributed by atoms with van der Waals surface area (Å²) in [7, 11) is -2.19. The number of benzene rings is 2. The first kappa shape index (κ1) is 22.5. The molecule has 0 atom stereocenters. The van der Waals surface area contributed by atoms with Gasteiger partial charge in [-0.25, -0.2) is 26.0 Å². The van der Waals surface area contributed by atoms with Crippen molar-refractivity contribution in [3.63, 3.8) is 0 Å². The molecule has 4 aromatic rings. The highest BCUT2D eigenvalue weighted by Gasteiger charge is 2.30. The second kappa shape index (κ2) is 8.32. The summed E-state index contributed by atoms with van der Waals surface area (Å²) < 4.78 is 85.8. The number of sulfonamides is 1. The van der Waals surface area contributed by atoms with Gasteiger partial charge in [0.25, 0.3) is 10.0 Å². The Morgan fingerprint density at radius 3 is 2.30 bits per heavy atom. The van der Waals surface area contributed by atoms with Crippen molar-refractivity contribution in [2.24, 2.45) is 7.05 Å². The van der Waals surface area contributed by atoms with Gasteiger partial charge in [-0.3, -0.25) is 14.0 Å². The van der Waals surface area contributed by atoms with Crippen molar-refractivity contribution in [1.82, 2.24) is 14.8 Å².